The number of rotatable bonds is 8. The van der Waals surface area contributed by atoms with Gasteiger partial charge in [0.2, 0.25) is 0 Å². The van der Waals surface area contributed by atoms with Crippen molar-refractivity contribution in [2.24, 2.45) is 0 Å². The summed E-state index contributed by atoms with van der Waals surface area (Å²) >= 11 is 0. The standard InChI is InChI=1S/C19H22F3NO4/c1-3-5-9-26-17(24)15-13-11-12(19(20,21)22)7-8-14(13)23-16(15)18(25)27-10-6-4-2/h7-8,11,23H,3-6,9-10H2,1-2H3. The number of H-pyrrole nitrogens is 1. The molecule has 2 rings (SSSR count). The molecule has 0 spiro atoms. The van der Waals surface area contributed by atoms with E-state index < -0.39 is 23.7 Å². The van der Waals surface area contributed by atoms with Crippen molar-refractivity contribution in [3.63, 3.8) is 0 Å². The van der Waals surface area contributed by atoms with Crippen LogP contribution < -0.4 is 0 Å². The largest absolute Gasteiger partial charge is 0.462 e. The van der Waals surface area contributed by atoms with E-state index in [2.05, 4.69) is 4.98 Å². The van der Waals surface area contributed by atoms with E-state index in [9.17, 15) is 22.8 Å². The molecule has 0 aliphatic carbocycles. The maximum Gasteiger partial charge on any atom is 0.416 e. The Kier molecular flexibility index (Phi) is 6.87. The van der Waals surface area contributed by atoms with Gasteiger partial charge in [0.1, 0.15) is 5.69 Å². The van der Waals surface area contributed by atoms with Crippen LogP contribution in [-0.4, -0.2) is 30.1 Å². The van der Waals surface area contributed by atoms with E-state index in [1.807, 2.05) is 13.8 Å². The van der Waals surface area contributed by atoms with Gasteiger partial charge in [-0.3, -0.25) is 0 Å². The fourth-order valence-electron chi connectivity index (χ4n) is 2.50. The molecule has 8 heteroatoms. The number of halogens is 3. The second kappa shape index (κ2) is 8.92. The molecule has 5 nitrogen and oxygen atoms in total. The molecule has 0 saturated carbocycles. The second-order valence-corrected chi connectivity index (χ2v) is 6.11. The van der Waals surface area contributed by atoms with Gasteiger partial charge in [-0.2, -0.15) is 13.2 Å². The van der Waals surface area contributed by atoms with Crippen LogP contribution in [0.2, 0.25) is 0 Å². The summed E-state index contributed by atoms with van der Waals surface area (Å²) in [7, 11) is 0. The molecular weight excluding hydrogens is 363 g/mol. The minimum absolute atomic E-state index is 0.0197. The number of alkyl halides is 3. The summed E-state index contributed by atoms with van der Waals surface area (Å²) in [6.45, 7) is 4.10. The number of nitrogens with one attached hydrogen (secondary N) is 1. The van der Waals surface area contributed by atoms with Crippen molar-refractivity contribution in [1.82, 2.24) is 4.98 Å². The summed E-state index contributed by atoms with van der Waals surface area (Å²) in [5.74, 6) is -1.65. The Balaban J connectivity index is 2.47. The molecule has 0 fully saturated rings. The van der Waals surface area contributed by atoms with Crippen LogP contribution in [0.1, 0.15) is 65.9 Å². The van der Waals surface area contributed by atoms with Gasteiger partial charge < -0.3 is 14.5 Å². The van der Waals surface area contributed by atoms with Crippen molar-refractivity contribution in [1.29, 1.82) is 0 Å². The first-order valence-electron chi connectivity index (χ1n) is 8.86. The van der Waals surface area contributed by atoms with Gasteiger partial charge in [0.05, 0.1) is 24.3 Å². The highest BCUT2D eigenvalue weighted by Gasteiger charge is 2.33. The van der Waals surface area contributed by atoms with Crippen LogP contribution in [0, 0.1) is 0 Å². The Morgan fingerprint density at radius 2 is 1.59 bits per heavy atom. The van der Waals surface area contributed by atoms with E-state index in [4.69, 9.17) is 9.47 Å². The van der Waals surface area contributed by atoms with Gasteiger partial charge in [0, 0.05) is 10.9 Å². The first kappa shape index (κ1) is 20.8. The van der Waals surface area contributed by atoms with Gasteiger partial charge in [-0.1, -0.05) is 26.7 Å². The smallest absolute Gasteiger partial charge is 0.416 e. The molecule has 27 heavy (non-hydrogen) atoms. The monoisotopic (exact) mass is 385 g/mol. The lowest BCUT2D eigenvalue weighted by atomic mass is 10.1. The highest BCUT2D eigenvalue weighted by atomic mass is 19.4. The molecule has 0 bridgehead atoms. The highest BCUT2D eigenvalue weighted by Crippen LogP contribution is 2.33. The van der Waals surface area contributed by atoms with E-state index in [1.54, 1.807) is 0 Å². The van der Waals surface area contributed by atoms with Crippen LogP contribution in [0.25, 0.3) is 10.9 Å². The number of aromatic nitrogens is 1. The SMILES string of the molecule is CCCCOC(=O)c1[nH]c2ccc(C(F)(F)F)cc2c1C(=O)OCCCC. The maximum absolute atomic E-state index is 13.0. The van der Waals surface area contributed by atoms with Crippen molar-refractivity contribution in [2.75, 3.05) is 13.2 Å². The van der Waals surface area contributed by atoms with Crippen molar-refractivity contribution in [2.45, 2.75) is 45.7 Å². The van der Waals surface area contributed by atoms with Crippen LogP contribution in [-0.2, 0) is 15.7 Å². The lowest BCUT2D eigenvalue weighted by molar-refractivity contribution is -0.137. The molecule has 0 saturated heterocycles. The Labute approximate surface area is 154 Å². The summed E-state index contributed by atoms with van der Waals surface area (Å²) in [6, 6.07) is 2.91. The number of hydrogen-bond donors (Lipinski definition) is 1. The number of aromatic amines is 1. The van der Waals surface area contributed by atoms with E-state index in [-0.39, 0.29) is 35.4 Å². The average molecular weight is 385 g/mol. The summed E-state index contributed by atoms with van der Waals surface area (Å²) < 4.78 is 49.4. The zero-order valence-corrected chi connectivity index (χ0v) is 15.2. The average Bonchev–Trinajstić information content (AvgIpc) is 3.00. The molecule has 0 amide bonds. The normalized spacial score (nSPS) is 11.6. The molecule has 2 aromatic rings. The van der Waals surface area contributed by atoms with Crippen LogP contribution in [0.3, 0.4) is 0 Å². The Bertz CT molecular complexity index is 811. The van der Waals surface area contributed by atoms with Crippen LogP contribution >= 0.6 is 0 Å². The Morgan fingerprint density at radius 3 is 2.15 bits per heavy atom. The third-order valence-corrected chi connectivity index (χ3v) is 4.00. The van der Waals surface area contributed by atoms with E-state index in [0.29, 0.717) is 12.8 Å². The zero-order valence-electron chi connectivity index (χ0n) is 15.2. The minimum atomic E-state index is -4.57. The lowest BCUT2D eigenvalue weighted by Gasteiger charge is -2.08. The van der Waals surface area contributed by atoms with Crippen LogP contribution in [0.15, 0.2) is 18.2 Å². The summed E-state index contributed by atoms with van der Waals surface area (Å²) in [5, 5.41) is -0.0197. The molecule has 0 unspecified atom stereocenters. The molecule has 1 aromatic heterocycles. The first-order valence-corrected chi connectivity index (χ1v) is 8.86. The van der Waals surface area contributed by atoms with Crippen molar-refractivity contribution < 1.29 is 32.2 Å². The lowest BCUT2D eigenvalue weighted by Crippen LogP contribution is -2.14. The molecule has 0 aliphatic rings. The highest BCUT2D eigenvalue weighted by molar-refractivity contribution is 6.12. The molecule has 1 aromatic carbocycles. The summed E-state index contributed by atoms with van der Waals surface area (Å²) in [5.41, 5.74) is -1.11. The predicted molar refractivity (Wildman–Crippen MR) is 93.7 cm³/mol. The quantitative estimate of drug-likeness (QED) is 0.507. The predicted octanol–water partition coefficient (Wildman–Crippen LogP) is 5.10. The molecule has 1 heterocycles. The number of benzene rings is 1. The number of unbranched alkanes of at least 4 members (excludes halogenated alkanes) is 2. The van der Waals surface area contributed by atoms with E-state index >= 15 is 0 Å². The number of fused-ring (bicyclic) bond motifs is 1. The van der Waals surface area contributed by atoms with Gasteiger partial charge in [-0.25, -0.2) is 9.59 Å². The van der Waals surface area contributed by atoms with Crippen molar-refractivity contribution in [3.05, 3.63) is 35.0 Å². The molecule has 0 radical (unpaired) electrons. The molecule has 0 aliphatic heterocycles. The van der Waals surface area contributed by atoms with Gasteiger partial charge in [0.25, 0.3) is 0 Å². The Hall–Kier alpha value is -2.51. The zero-order chi connectivity index (χ0) is 20.0. The molecule has 148 valence electrons. The number of hydrogen-bond acceptors (Lipinski definition) is 4. The van der Waals surface area contributed by atoms with Gasteiger partial charge in [-0.05, 0) is 31.0 Å². The number of ether oxygens (including phenoxy) is 2. The summed E-state index contributed by atoms with van der Waals surface area (Å²) in [4.78, 5) is 27.5. The van der Waals surface area contributed by atoms with Crippen molar-refractivity contribution in [3.8, 4) is 0 Å². The van der Waals surface area contributed by atoms with Crippen LogP contribution in [0.5, 0.6) is 0 Å². The summed E-state index contributed by atoms with van der Waals surface area (Å²) in [6.07, 6.45) is -1.73. The second-order valence-electron chi connectivity index (χ2n) is 6.11. The van der Waals surface area contributed by atoms with Gasteiger partial charge in [0.15, 0.2) is 0 Å². The maximum atomic E-state index is 13.0. The van der Waals surface area contributed by atoms with Crippen molar-refractivity contribution >= 4 is 22.8 Å². The first-order chi connectivity index (χ1) is 12.8. The molecule has 0 atom stereocenters. The molecular formula is C19H22F3NO4. The fraction of sp³-hybridized carbons (Fsp3) is 0.474. The van der Waals surface area contributed by atoms with Gasteiger partial charge >= 0.3 is 18.1 Å². The van der Waals surface area contributed by atoms with E-state index in [1.165, 1.54) is 6.07 Å². The van der Waals surface area contributed by atoms with Gasteiger partial charge in [-0.15, -0.1) is 0 Å². The topological polar surface area (TPSA) is 68.4 Å². The van der Waals surface area contributed by atoms with Crippen LogP contribution in [0.4, 0.5) is 13.2 Å². The molecule has 1 N–H and O–H groups in total. The van der Waals surface area contributed by atoms with E-state index in [0.717, 1.165) is 25.0 Å². The third kappa shape index (κ3) is 5.02. The Morgan fingerprint density at radius 1 is 1.00 bits per heavy atom. The number of carbonyl (C=O) groups excluding carboxylic acids is 2. The number of esters is 2. The minimum Gasteiger partial charge on any atom is -0.462 e. The fourth-order valence-corrected chi connectivity index (χ4v) is 2.50. The third-order valence-electron chi connectivity index (χ3n) is 4.00. The number of carbonyl (C=O) groups is 2.